The minimum absolute atomic E-state index is 0.482. The first-order valence-corrected chi connectivity index (χ1v) is 5.41. The normalized spacial score (nSPS) is 13.7. The first-order valence-electron chi connectivity index (χ1n) is 5.41. The van der Waals surface area contributed by atoms with E-state index in [4.69, 9.17) is 5.11 Å². The number of hydrogen-bond acceptors (Lipinski definition) is 2. The van der Waals surface area contributed by atoms with E-state index >= 15 is 0 Å². The van der Waals surface area contributed by atoms with Gasteiger partial charge in [-0.25, -0.2) is 4.79 Å². The molecule has 0 aromatic carbocycles. The Hall–Kier alpha value is -1.09. The van der Waals surface area contributed by atoms with Gasteiger partial charge in [0.1, 0.15) is 0 Å². The summed E-state index contributed by atoms with van der Waals surface area (Å²) in [6.45, 7) is 2.16. The number of allylic oxidation sites excluding steroid dienone is 1. The van der Waals surface area contributed by atoms with Crippen molar-refractivity contribution in [2.24, 2.45) is 0 Å². The van der Waals surface area contributed by atoms with E-state index in [2.05, 4.69) is 6.92 Å². The van der Waals surface area contributed by atoms with Crippen LogP contribution in [0.2, 0.25) is 0 Å². The van der Waals surface area contributed by atoms with Gasteiger partial charge in [0.05, 0.1) is 6.10 Å². The van der Waals surface area contributed by atoms with Gasteiger partial charge >= 0.3 is 5.97 Å². The van der Waals surface area contributed by atoms with Crippen molar-refractivity contribution in [1.29, 1.82) is 0 Å². The molecule has 0 aliphatic heterocycles. The third-order valence-corrected chi connectivity index (χ3v) is 1.98. The number of carboxylic acid groups (broad SMARTS) is 1. The second-order valence-corrected chi connectivity index (χ2v) is 3.47. The molecule has 0 fully saturated rings. The summed E-state index contributed by atoms with van der Waals surface area (Å²) in [5.74, 6) is -1.03. The minimum Gasteiger partial charge on any atom is -0.478 e. The molecule has 0 saturated heterocycles. The van der Waals surface area contributed by atoms with E-state index in [-0.39, 0.29) is 0 Å². The fourth-order valence-corrected chi connectivity index (χ4v) is 1.14. The number of unbranched alkanes of at least 4 members (excludes halogenated alkanes) is 3. The highest BCUT2D eigenvalue weighted by molar-refractivity contribution is 5.79. The van der Waals surface area contributed by atoms with Crippen LogP contribution in [0, 0.1) is 0 Å². The van der Waals surface area contributed by atoms with Crippen LogP contribution < -0.4 is 0 Å². The molecular weight excluding hydrogens is 192 g/mol. The highest BCUT2D eigenvalue weighted by Crippen LogP contribution is 2.02. The van der Waals surface area contributed by atoms with Crippen molar-refractivity contribution in [3.63, 3.8) is 0 Å². The van der Waals surface area contributed by atoms with Crippen LogP contribution >= 0.6 is 0 Å². The van der Waals surface area contributed by atoms with Crippen LogP contribution in [0.3, 0.4) is 0 Å². The van der Waals surface area contributed by atoms with E-state index in [1.807, 2.05) is 12.2 Å². The summed E-state index contributed by atoms with van der Waals surface area (Å²) in [7, 11) is 0. The largest absolute Gasteiger partial charge is 0.478 e. The molecule has 0 spiro atoms. The number of aliphatic hydroxyl groups excluding tert-OH is 1. The van der Waals surface area contributed by atoms with Gasteiger partial charge in [0.2, 0.25) is 0 Å². The van der Waals surface area contributed by atoms with Crippen LogP contribution in [-0.4, -0.2) is 22.3 Å². The maximum absolute atomic E-state index is 10.1. The lowest BCUT2D eigenvalue weighted by atomic mass is 10.1. The Kier molecular flexibility index (Phi) is 8.78. The molecule has 0 aliphatic carbocycles. The van der Waals surface area contributed by atoms with Crippen molar-refractivity contribution in [2.75, 3.05) is 0 Å². The Morgan fingerprint density at radius 3 is 2.67 bits per heavy atom. The Morgan fingerprint density at radius 2 is 2.07 bits per heavy atom. The highest BCUT2D eigenvalue weighted by Gasteiger charge is 1.95. The third kappa shape index (κ3) is 10.8. The van der Waals surface area contributed by atoms with Gasteiger partial charge in [0, 0.05) is 6.08 Å². The molecule has 0 heterocycles. The average molecular weight is 212 g/mol. The second kappa shape index (κ2) is 9.46. The summed E-state index contributed by atoms with van der Waals surface area (Å²) in [6.07, 6.45) is 10.6. The number of hydrogen-bond donors (Lipinski definition) is 2. The van der Waals surface area contributed by atoms with Gasteiger partial charge in [-0.2, -0.15) is 0 Å². The molecule has 0 aromatic heterocycles. The topological polar surface area (TPSA) is 57.5 Å². The van der Waals surface area contributed by atoms with Gasteiger partial charge in [-0.05, 0) is 25.3 Å². The summed E-state index contributed by atoms with van der Waals surface area (Å²) in [4.78, 5) is 10.1. The van der Waals surface area contributed by atoms with Crippen molar-refractivity contribution < 1.29 is 15.0 Å². The van der Waals surface area contributed by atoms with E-state index in [9.17, 15) is 9.90 Å². The van der Waals surface area contributed by atoms with Gasteiger partial charge in [0.25, 0.3) is 0 Å². The standard InChI is InChI=1S/C12H20O3/c1-2-3-4-5-6-7-8-11(13)9-10-12(14)15/h6-7,9-11,13H,2-5,8H2,1H3,(H,14,15)/b7-6-,10-9+. The third-order valence-electron chi connectivity index (χ3n) is 1.98. The molecule has 3 nitrogen and oxygen atoms in total. The SMILES string of the molecule is CCCCC/C=C\CC(O)/C=C/C(=O)O. The lowest BCUT2D eigenvalue weighted by Gasteiger charge is -1.99. The lowest BCUT2D eigenvalue weighted by molar-refractivity contribution is -0.131. The molecule has 1 atom stereocenters. The van der Waals surface area contributed by atoms with Crippen LogP contribution in [-0.2, 0) is 4.79 Å². The molecule has 86 valence electrons. The summed E-state index contributed by atoms with van der Waals surface area (Å²) in [6, 6.07) is 0. The molecule has 0 amide bonds. The van der Waals surface area contributed by atoms with Crippen molar-refractivity contribution >= 4 is 5.97 Å². The Bertz CT molecular complexity index is 219. The predicted octanol–water partition coefficient (Wildman–Crippen LogP) is 2.51. The Morgan fingerprint density at radius 1 is 1.33 bits per heavy atom. The monoisotopic (exact) mass is 212 g/mol. The zero-order valence-electron chi connectivity index (χ0n) is 9.22. The summed E-state index contributed by atoms with van der Waals surface area (Å²) in [5.41, 5.74) is 0. The molecule has 0 rings (SSSR count). The van der Waals surface area contributed by atoms with Crippen molar-refractivity contribution in [3.05, 3.63) is 24.3 Å². The van der Waals surface area contributed by atoms with E-state index in [0.29, 0.717) is 6.42 Å². The van der Waals surface area contributed by atoms with Crippen molar-refractivity contribution in [3.8, 4) is 0 Å². The summed E-state index contributed by atoms with van der Waals surface area (Å²) < 4.78 is 0. The number of rotatable bonds is 8. The molecule has 0 aromatic rings. The first-order chi connectivity index (χ1) is 7.16. The van der Waals surface area contributed by atoms with Gasteiger partial charge in [-0.1, -0.05) is 31.9 Å². The molecule has 0 radical (unpaired) electrons. The van der Waals surface area contributed by atoms with E-state index < -0.39 is 12.1 Å². The Balaban J connectivity index is 3.52. The summed E-state index contributed by atoms with van der Waals surface area (Å²) >= 11 is 0. The van der Waals surface area contributed by atoms with Crippen LogP contribution in [0.25, 0.3) is 0 Å². The maximum atomic E-state index is 10.1. The maximum Gasteiger partial charge on any atom is 0.328 e. The van der Waals surface area contributed by atoms with E-state index in [0.717, 1.165) is 12.5 Å². The number of carboxylic acids is 1. The van der Waals surface area contributed by atoms with E-state index in [1.165, 1.54) is 25.3 Å². The van der Waals surface area contributed by atoms with Crippen LogP contribution in [0.5, 0.6) is 0 Å². The first kappa shape index (κ1) is 13.9. The number of aliphatic carboxylic acids is 1. The van der Waals surface area contributed by atoms with Gasteiger partial charge in [-0.3, -0.25) is 0 Å². The van der Waals surface area contributed by atoms with E-state index in [1.54, 1.807) is 0 Å². The smallest absolute Gasteiger partial charge is 0.328 e. The molecule has 0 saturated carbocycles. The quantitative estimate of drug-likeness (QED) is 0.369. The fraction of sp³-hybridized carbons (Fsp3) is 0.583. The predicted molar refractivity (Wildman–Crippen MR) is 60.7 cm³/mol. The molecule has 1 unspecified atom stereocenters. The van der Waals surface area contributed by atoms with Crippen LogP contribution in [0.15, 0.2) is 24.3 Å². The van der Waals surface area contributed by atoms with Gasteiger partial charge in [-0.15, -0.1) is 0 Å². The molecule has 15 heavy (non-hydrogen) atoms. The molecule has 3 heteroatoms. The van der Waals surface area contributed by atoms with Gasteiger partial charge in [0.15, 0.2) is 0 Å². The molecule has 2 N–H and O–H groups in total. The zero-order valence-corrected chi connectivity index (χ0v) is 9.22. The lowest BCUT2D eigenvalue weighted by Crippen LogP contribution is -2.01. The van der Waals surface area contributed by atoms with Crippen molar-refractivity contribution in [1.82, 2.24) is 0 Å². The zero-order chi connectivity index (χ0) is 11.5. The number of aliphatic hydroxyl groups is 1. The Labute approximate surface area is 91.1 Å². The average Bonchev–Trinajstić information content (AvgIpc) is 2.20. The van der Waals surface area contributed by atoms with Crippen LogP contribution in [0.4, 0.5) is 0 Å². The summed E-state index contributed by atoms with van der Waals surface area (Å²) in [5, 5.41) is 17.6. The minimum atomic E-state index is -1.03. The van der Waals surface area contributed by atoms with Gasteiger partial charge < -0.3 is 10.2 Å². The van der Waals surface area contributed by atoms with Crippen LogP contribution in [0.1, 0.15) is 39.0 Å². The fourth-order valence-electron chi connectivity index (χ4n) is 1.14. The number of carbonyl (C=O) groups is 1. The van der Waals surface area contributed by atoms with Crippen molar-refractivity contribution in [2.45, 2.75) is 45.1 Å². The molecular formula is C12H20O3. The second-order valence-electron chi connectivity index (χ2n) is 3.47. The highest BCUT2D eigenvalue weighted by atomic mass is 16.4. The molecule has 0 aliphatic rings. The molecule has 0 bridgehead atoms.